The first-order valence-electron chi connectivity index (χ1n) is 5.56. The van der Waals surface area contributed by atoms with Gasteiger partial charge in [-0.25, -0.2) is 4.98 Å². The van der Waals surface area contributed by atoms with Crippen LogP contribution in [0.3, 0.4) is 0 Å². The molecule has 0 spiro atoms. The second-order valence-corrected chi connectivity index (χ2v) is 4.90. The van der Waals surface area contributed by atoms with Crippen LogP contribution in [0.2, 0.25) is 0 Å². The van der Waals surface area contributed by atoms with Gasteiger partial charge in [0, 0.05) is 18.0 Å². The second-order valence-electron chi connectivity index (χ2n) is 3.61. The molecular formula is C12H20N2OS. The topological polar surface area (TPSA) is 34.1 Å². The molecule has 0 aliphatic heterocycles. The molecule has 1 aromatic heterocycles. The van der Waals surface area contributed by atoms with E-state index in [1.54, 1.807) is 11.3 Å². The molecule has 0 radical (unpaired) electrons. The van der Waals surface area contributed by atoms with Crippen LogP contribution in [0.5, 0.6) is 0 Å². The molecule has 0 amide bonds. The lowest BCUT2D eigenvalue weighted by Gasteiger charge is -2.04. The molecule has 0 aromatic carbocycles. The molecule has 4 heteroatoms. The Hall–Kier alpha value is -0.710. The highest BCUT2D eigenvalue weighted by molar-refractivity contribution is 7.11. The van der Waals surface area contributed by atoms with Gasteiger partial charge in [-0.05, 0) is 20.3 Å². The van der Waals surface area contributed by atoms with Crippen LogP contribution in [0.25, 0.3) is 0 Å². The van der Waals surface area contributed by atoms with Gasteiger partial charge in [-0.15, -0.1) is 17.9 Å². The number of rotatable bonds is 8. The summed E-state index contributed by atoms with van der Waals surface area (Å²) in [4.78, 5) is 5.71. The quantitative estimate of drug-likeness (QED) is 0.560. The summed E-state index contributed by atoms with van der Waals surface area (Å²) in [5.41, 5.74) is 1.14. The number of hydrogen-bond acceptors (Lipinski definition) is 4. The van der Waals surface area contributed by atoms with Gasteiger partial charge in [-0.3, -0.25) is 0 Å². The van der Waals surface area contributed by atoms with Crippen LogP contribution in [0.15, 0.2) is 12.7 Å². The number of nitrogens with zero attached hydrogens (tertiary/aromatic N) is 1. The normalized spacial score (nSPS) is 10.6. The summed E-state index contributed by atoms with van der Waals surface area (Å²) in [5, 5.41) is 4.49. The lowest BCUT2D eigenvalue weighted by Crippen LogP contribution is -2.19. The minimum atomic E-state index is 0.755. The highest BCUT2D eigenvalue weighted by atomic mass is 32.1. The molecule has 90 valence electrons. The predicted molar refractivity (Wildman–Crippen MR) is 68.9 cm³/mol. The largest absolute Gasteiger partial charge is 0.380 e. The third-order valence-corrected chi connectivity index (χ3v) is 3.25. The molecule has 0 aliphatic carbocycles. The van der Waals surface area contributed by atoms with Gasteiger partial charge in [-0.2, -0.15) is 0 Å². The Morgan fingerprint density at radius 2 is 2.25 bits per heavy atom. The smallest absolute Gasteiger partial charge is 0.0900 e. The Morgan fingerprint density at radius 3 is 2.88 bits per heavy atom. The number of aromatic nitrogens is 1. The van der Waals surface area contributed by atoms with Crippen molar-refractivity contribution in [1.82, 2.24) is 10.3 Å². The molecule has 1 aromatic rings. The molecular weight excluding hydrogens is 220 g/mol. The zero-order chi connectivity index (χ0) is 11.8. The monoisotopic (exact) mass is 240 g/mol. The molecule has 0 aliphatic rings. The standard InChI is InChI=1S/C12H20N2OS/c1-4-5-7-15-8-6-13-9-12-10(2)14-11(3)16-12/h4,13H,1,5-9H2,2-3H3. The maximum Gasteiger partial charge on any atom is 0.0900 e. The third kappa shape index (κ3) is 4.88. The first-order chi connectivity index (χ1) is 7.74. The van der Waals surface area contributed by atoms with E-state index in [0.29, 0.717) is 0 Å². The number of thiazole rings is 1. The third-order valence-electron chi connectivity index (χ3n) is 2.17. The summed E-state index contributed by atoms with van der Waals surface area (Å²) < 4.78 is 5.40. The number of nitrogens with one attached hydrogen (secondary N) is 1. The average molecular weight is 240 g/mol. The molecule has 0 bridgehead atoms. The Labute approximate surface area is 102 Å². The molecule has 3 nitrogen and oxygen atoms in total. The molecule has 16 heavy (non-hydrogen) atoms. The zero-order valence-corrected chi connectivity index (χ0v) is 10.9. The Kier molecular flexibility index (Phi) is 6.30. The van der Waals surface area contributed by atoms with Crippen LogP contribution in [-0.4, -0.2) is 24.7 Å². The van der Waals surface area contributed by atoms with E-state index >= 15 is 0 Å². The van der Waals surface area contributed by atoms with E-state index in [2.05, 4.69) is 23.8 Å². The van der Waals surface area contributed by atoms with Crippen molar-refractivity contribution in [1.29, 1.82) is 0 Å². The van der Waals surface area contributed by atoms with Gasteiger partial charge in [0.05, 0.1) is 23.9 Å². The van der Waals surface area contributed by atoms with Gasteiger partial charge in [0.2, 0.25) is 0 Å². The Balaban J connectivity index is 2.07. The highest BCUT2D eigenvalue weighted by Crippen LogP contribution is 2.16. The molecule has 0 atom stereocenters. The molecule has 1 heterocycles. The molecule has 1 rings (SSSR count). The zero-order valence-electron chi connectivity index (χ0n) is 10.1. The van der Waals surface area contributed by atoms with Crippen molar-refractivity contribution in [2.45, 2.75) is 26.8 Å². The summed E-state index contributed by atoms with van der Waals surface area (Å²) in [6.45, 7) is 11.0. The molecule has 0 fully saturated rings. The van der Waals surface area contributed by atoms with Gasteiger partial charge < -0.3 is 10.1 Å². The molecule has 0 saturated carbocycles. The van der Waals surface area contributed by atoms with Crippen LogP contribution in [0, 0.1) is 13.8 Å². The second kappa shape index (κ2) is 7.54. The number of ether oxygens (including phenoxy) is 1. The van der Waals surface area contributed by atoms with E-state index in [-0.39, 0.29) is 0 Å². The van der Waals surface area contributed by atoms with E-state index in [4.69, 9.17) is 4.74 Å². The first kappa shape index (κ1) is 13.4. The predicted octanol–water partition coefficient (Wildman–Crippen LogP) is 2.44. The van der Waals surface area contributed by atoms with Crippen LogP contribution < -0.4 is 5.32 Å². The van der Waals surface area contributed by atoms with E-state index in [9.17, 15) is 0 Å². The van der Waals surface area contributed by atoms with Gasteiger partial charge in [0.1, 0.15) is 0 Å². The van der Waals surface area contributed by atoms with E-state index in [1.165, 1.54) is 4.88 Å². The van der Waals surface area contributed by atoms with Crippen molar-refractivity contribution in [2.24, 2.45) is 0 Å². The maximum atomic E-state index is 5.40. The fourth-order valence-electron chi connectivity index (χ4n) is 1.35. The Bertz CT molecular complexity index is 323. The van der Waals surface area contributed by atoms with Crippen LogP contribution in [0.4, 0.5) is 0 Å². The van der Waals surface area contributed by atoms with Crippen molar-refractivity contribution >= 4 is 11.3 Å². The van der Waals surface area contributed by atoms with Gasteiger partial charge in [-0.1, -0.05) is 6.08 Å². The number of aryl methyl sites for hydroxylation is 2. The van der Waals surface area contributed by atoms with Crippen molar-refractivity contribution in [3.8, 4) is 0 Å². The minimum absolute atomic E-state index is 0.755. The summed E-state index contributed by atoms with van der Waals surface area (Å²) in [7, 11) is 0. The van der Waals surface area contributed by atoms with E-state index < -0.39 is 0 Å². The number of hydrogen-bond donors (Lipinski definition) is 1. The summed E-state index contributed by atoms with van der Waals surface area (Å²) in [6, 6.07) is 0. The molecule has 1 N–H and O–H groups in total. The highest BCUT2D eigenvalue weighted by Gasteiger charge is 2.03. The molecule has 0 saturated heterocycles. The molecule has 0 unspecified atom stereocenters. The van der Waals surface area contributed by atoms with Gasteiger partial charge in [0.15, 0.2) is 0 Å². The Morgan fingerprint density at radius 1 is 1.44 bits per heavy atom. The fourth-order valence-corrected chi connectivity index (χ4v) is 2.26. The summed E-state index contributed by atoms with van der Waals surface area (Å²) >= 11 is 1.76. The van der Waals surface area contributed by atoms with Crippen LogP contribution in [0.1, 0.15) is 22.0 Å². The lowest BCUT2D eigenvalue weighted by molar-refractivity contribution is 0.140. The van der Waals surface area contributed by atoms with Crippen LogP contribution in [-0.2, 0) is 11.3 Å². The van der Waals surface area contributed by atoms with Gasteiger partial charge >= 0.3 is 0 Å². The summed E-state index contributed by atoms with van der Waals surface area (Å²) in [6.07, 6.45) is 2.80. The lowest BCUT2D eigenvalue weighted by atomic mass is 10.4. The van der Waals surface area contributed by atoms with Gasteiger partial charge in [0.25, 0.3) is 0 Å². The SMILES string of the molecule is C=CCCOCCNCc1sc(C)nc1C. The van der Waals surface area contributed by atoms with E-state index in [0.717, 1.165) is 43.4 Å². The summed E-state index contributed by atoms with van der Waals surface area (Å²) in [5.74, 6) is 0. The van der Waals surface area contributed by atoms with E-state index in [1.807, 2.05) is 13.0 Å². The van der Waals surface area contributed by atoms with Crippen LogP contribution >= 0.6 is 11.3 Å². The maximum absolute atomic E-state index is 5.40. The fraction of sp³-hybridized carbons (Fsp3) is 0.583. The first-order valence-corrected chi connectivity index (χ1v) is 6.38. The van der Waals surface area contributed by atoms with Crippen molar-refractivity contribution < 1.29 is 4.74 Å². The minimum Gasteiger partial charge on any atom is -0.380 e. The van der Waals surface area contributed by atoms with Crippen molar-refractivity contribution in [3.05, 3.63) is 28.2 Å². The average Bonchev–Trinajstić information content (AvgIpc) is 2.56. The van der Waals surface area contributed by atoms with Crippen molar-refractivity contribution in [3.63, 3.8) is 0 Å². The van der Waals surface area contributed by atoms with Crippen molar-refractivity contribution in [2.75, 3.05) is 19.8 Å².